The highest BCUT2D eigenvalue weighted by molar-refractivity contribution is 5.95. The van der Waals surface area contributed by atoms with E-state index in [9.17, 15) is 29.4 Å². The second-order valence-electron chi connectivity index (χ2n) is 5.79. The lowest BCUT2D eigenvalue weighted by Crippen LogP contribution is -2.45. The molecule has 10 heteroatoms. The topological polar surface area (TPSA) is 146 Å². The number of benzene rings is 2. The largest absolute Gasteiger partial charge is 0.497 e. The monoisotopic (exact) mass is 418 g/mol. The lowest BCUT2D eigenvalue weighted by Gasteiger charge is -2.21. The van der Waals surface area contributed by atoms with Gasteiger partial charge in [0.05, 0.1) is 25.3 Å². The van der Waals surface area contributed by atoms with Crippen molar-refractivity contribution in [3.05, 3.63) is 59.7 Å². The second kappa shape index (κ2) is 9.92. The number of esters is 2. The molecule has 2 rings (SSSR count). The fraction of sp³-hybridized carbons (Fsp3) is 0.200. The van der Waals surface area contributed by atoms with Gasteiger partial charge >= 0.3 is 23.9 Å². The minimum Gasteiger partial charge on any atom is -0.497 e. The van der Waals surface area contributed by atoms with Gasteiger partial charge in [-0.05, 0) is 36.4 Å². The summed E-state index contributed by atoms with van der Waals surface area (Å²) >= 11 is 0. The third kappa shape index (κ3) is 5.47. The average molecular weight is 418 g/mol. The van der Waals surface area contributed by atoms with Crippen LogP contribution in [0.1, 0.15) is 20.7 Å². The number of ether oxygens (including phenoxy) is 4. The highest BCUT2D eigenvalue weighted by atomic mass is 16.6. The predicted molar refractivity (Wildman–Crippen MR) is 99.7 cm³/mol. The van der Waals surface area contributed by atoms with Crippen molar-refractivity contribution in [1.82, 2.24) is 0 Å². The number of hydrogen-bond acceptors (Lipinski definition) is 8. The molecule has 0 bridgehead atoms. The summed E-state index contributed by atoms with van der Waals surface area (Å²) in [6.07, 6.45) is -4.59. The van der Waals surface area contributed by atoms with E-state index < -0.39 is 36.1 Å². The lowest BCUT2D eigenvalue weighted by molar-refractivity contribution is -0.166. The molecule has 2 aromatic rings. The van der Waals surface area contributed by atoms with Crippen molar-refractivity contribution < 1.29 is 48.3 Å². The SMILES string of the molecule is COc1cccc(C(=O)O[C@H](C(=O)O)[C@H](OC(=O)c2cccc(OC)c2)C(=O)O)c1. The van der Waals surface area contributed by atoms with Crippen LogP contribution < -0.4 is 9.47 Å². The van der Waals surface area contributed by atoms with Crippen molar-refractivity contribution in [1.29, 1.82) is 0 Å². The van der Waals surface area contributed by atoms with E-state index >= 15 is 0 Å². The van der Waals surface area contributed by atoms with Gasteiger partial charge in [0.15, 0.2) is 0 Å². The van der Waals surface area contributed by atoms with Gasteiger partial charge < -0.3 is 29.2 Å². The number of rotatable bonds is 9. The van der Waals surface area contributed by atoms with Crippen LogP contribution in [0.15, 0.2) is 48.5 Å². The van der Waals surface area contributed by atoms with E-state index in [1.165, 1.54) is 50.6 Å². The minimum absolute atomic E-state index is 0.0798. The second-order valence-corrected chi connectivity index (χ2v) is 5.79. The van der Waals surface area contributed by atoms with Crippen molar-refractivity contribution in [3.63, 3.8) is 0 Å². The zero-order chi connectivity index (χ0) is 22.3. The van der Waals surface area contributed by atoms with Crippen LogP contribution in [0.4, 0.5) is 0 Å². The maximum absolute atomic E-state index is 12.3. The molecule has 30 heavy (non-hydrogen) atoms. The van der Waals surface area contributed by atoms with Crippen LogP contribution in [-0.4, -0.2) is 60.5 Å². The molecule has 0 aliphatic rings. The zero-order valence-corrected chi connectivity index (χ0v) is 15.9. The first-order valence-corrected chi connectivity index (χ1v) is 8.42. The number of hydrogen-bond donors (Lipinski definition) is 2. The van der Waals surface area contributed by atoms with Gasteiger partial charge in [0.25, 0.3) is 0 Å². The Hall–Kier alpha value is -4.08. The quantitative estimate of drug-likeness (QED) is 0.576. The Labute approximate surface area is 170 Å². The summed E-state index contributed by atoms with van der Waals surface area (Å²) in [7, 11) is 2.73. The molecule has 0 aromatic heterocycles. The molecule has 2 N–H and O–H groups in total. The van der Waals surface area contributed by atoms with Gasteiger partial charge in [0.2, 0.25) is 12.2 Å². The Morgan fingerprint density at radius 2 is 1.07 bits per heavy atom. The van der Waals surface area contributed by atoms with E-state index in [1.807, 2.05) is 0 Å². The normalized spacial score (nSPS) is 12.2. The lowest BCUT2D eigenvalue weighted by atomic mass is 10.1. The summed E-state index contributed by atoms with van der Waals surface area (Å²) in [4.78, 5) is 47.8. The third-order valence-electron chi connectivity index (χ3n) is 3.84. The number of aliphatic carboxylic acids is 2. The minimum atomic E-state index is -2.30. The first-order chi connectivity index (χ1) is 14.3. The van der Waals surface area contributed by atoms with Gasteiger partial charge in [0, 0.05) is 0 Å². The number of carboxylic acid groups (broad SMARTS) is 2. The highest BCUT2D eigenvalue weighted by Crippen LogP contribution is 2.18. The molecule has 0 spiro atoms. The van der Waals surface area contributed by atoms with Crippen molar-refractivity contribution in [2.45, 2.75) is 12.2 Å². The van der Waals surface area contributed by atoms with Gasteiger partial charge in [0.1, 0.15) is 11.5 Å². The van der Waals surface area contributed by atoms with Crippen molar-refractivity contribution in [2.24, 2.45) is 0 Å². The summed E-state index contributed by atoms with van der Waals surface area (Å²) in [6, 6.07) is 11.2. The highest BCUT2D eigenvalue weighted by Gasteiger charge is 2.41. The molecule has 0 aliphatic carbocycles. The Bertz CT molecular complexity index is 875. The zero-order valence-electron chi connectivity index (χ0n) is 15.9. The summed E-state index contributed by atoms with van der Waals surface area (Å²) in [5.74, 6) is -5.28. The number of carbonyl (C=O) groups is 4. The van der Waals surface area contributed by atoms with Crippen LogP contribution in [0.3, 0.4) is 0 Å². The fourth-order valence-corrected chi connectivity index (χ4v) is 2.35. The van der Waals surface area contributed by atoms with E-state index in [2.05, 4.69) is 0 Å². The maximum Gasteiger partial charge on any atom is 0.349 e. The Morgan fingerprint density at radius 3 is 1.37 bits per heavy atom. The molecule has 10 nitrogen and oxygen atoms in total. The smallest absolute Gasteiger partial charge is 0.349 e. The Balaban J connectivity index is 2.24. The van der Waals surface area contributed by atoms with Gasteiger partial charge in [-0.15, -0.1) is 0 Å². The molecule has 0 heterocycles. The number of methoxy groups -OCH3 is 2. The van der Waals surface area contributed by atoms with Crippen LogP contribution in [0, 0.1) is 0 Å². The Morgan fingerprint density at radius 1 is 0.700 bits per heavy atom. The molecule has 0 fully saturated rings. The third-order valence-corrected chi connectivity index (χ3v) is 3.84. The number of carbonyl (C=O) groups excluding carboxylic acids is 2. The van der Waals surface area contributed by atoms with E-state index in [4.69, 9.17) is 18.9 Å². The molecule has 2 aromatic carbocycles. The van der Waals surface area contributed by atoms with Crippen LogP contribution in [0.2, 0.25) is 0 Å². The van der Waals surface area contributed by atoms with E-state index in [0.29, 0.717) is 11.5 Å². The van der Waals surface area contributed by atoms with Crippen LogP contribution in [0.25, 0.3) is 0 Å². The summed E-state index contributed by atoms with van der Waals surface area (Å²) < 4.78 is 19.6. The van der Waals surface area contributed by atoms with E-state index in [-0.39, 0.29) is 11.1 Å². The molecule has 158 valence electrons. The molecule has 2 atom stereocenters. The molecule has 0 saturated carbocycles. The standard InChI is InChI=1S/C20H18O10/c1-27-13-7-3-5-11(9-13)19(25)29-15(17(21)22)16(18(23)24)30-20(26)12-6-4-8-14(10-12)28-2/h3-10,15-16H,1-2H3,(H,21,22)(H,23,24)/t15-,16-/m0/s1. The van der Waals surface area contributed by atoms with E-state index in [1.54, 1.807) is 12.1 Å². The molecule has 0 radical (unpaired) electrons. The van der Waals surface area contributed by atoms with Crippen LogP contribution >= 0.6 is 0 Å². The average Bonchev–Trinajstić information content (AvgIpc) is 2.75. The van der Waals surface area contributed by atoms with Crippen molar-refractivity contribution >= 4 is 23.9 Å². The van der Waals surface area contributed by atoms with Crippen LogP contribution in [-0.2, 0) is 19.1 Å². The first kappa shape index (κ1) is 22.2. The molecular weight excluding hydrogens is 400 g/mol. The van der Waals surface area contributed by atoms with Crippen LogP contribution in [0.5, 0.6) is 11.5 Å². The van der Waals surface area contributed by atoms with Gasteiger partial charge in [-0.1, -0.05) is 12.1 Å². The van der Waals surface area contributed by atoms with Crippen molar-refractivity contribution in [3.8, 4) is 11.5 Å². The first-order valence-electron chi connectivity index (χ1n) is 8.42. The maximum atomic E-state index is 12.3. The number of carboxylic acids is 2. The van der Waals surface area contributed by atoms with Crippen molar-refractivity contribution in [2.75, 3.05) is 14.2 Å². The van der Waals surface area contributed by atoms with Gasteiger partial charge in [-0.25, -0.2) is 19.2 Å². The summed E-state index contributed by atoms with van der Waals surface area (Å²) in [6.45, 7) is 0. The Kier molecular flexibility index (Phi) is 7.34. The fourth-order valence-electron chi connectivity index (χ4n) is 2.35. The molecule has 0 amide bonds. The molecular formula is C20H18O10. The van der Waals surface area contributed by atoms with E-state index in [0.717, 1.165) is 0 Å². The molecule has 0 unspecified atom stereocenters. The predicted octanol–water partition coefficient (Wildman–Crippen LogP) is 1.62. The van der Waals surface area contributed by atoms with Gasteiger partial charge in [-0.2, -0.15) is 0 Å². The molecule has 0 aliphatic heterocycles. The van der Waals surface area contributed by atoms with Gasteiger partial charge in [-0.3, -0.25) is 0 Å². The summed E-state index contributed by atoms with van der Waals surface area (Å²) in [5.41, 5.74) is -0.160. The summed E-state index contributed by atoms with van der Waals surface area (Å²) in [5, 5.41) is 18.8. The molecule has 0 saturated heterocycles.